The van der Waals surface area contributed by atoms with Crippen LogP contribution in [0.1, 0.15) is 16.7 Å². The zero-order valence-corrected chi connectivity index (χ0v) is 15.9. The molecule has 0 saturated heterocycles. The van der Waals surface area contributed by atoms with Crippen molar-refractivity contribution in [1.29, 1.82) is 0 Å². The number of fused-ring (bicyclic) bond motifs is 1. The first-order chi connectivity index (χ1) is 12.2. The Kier molecular flexibility index (Phi) is 4.99. The first-order valence-electron chi connectivity index (χ1n) is 7.81. The van der Waals surface area contributed by atoms with E-state index in [0.717, 1.165) is 15.4 Å². The summed E-state index contributed by atoms with van der Waals surface area (Å²) in [7, 11) is -4.42. The molecule has 1 aliphatic rings. The monoisotopic (exact) mass is 391 g/mol. The normalized spacial score (nSPS) is 16.1. The Hall–Kier alpha value is -2.05. The van der Waals surface area contributed by atoms with Crippen LogP contribution in [0.2, 0.25) is 0 Å². The lowest BCUT2D eigenvalue weighted by atomic mass is 10.1. The molecular weight excluding hydrogens is 373 g/mol. The summed E-state index contributed by atoms with van der Waals surface area (Å²) in [5, 5.41) is 9.90. The van der Waals surface area contributed by atoms with Crippen molar-refractivity contribution in [2.24, 2.45) is 0 Å². The standard InChI is InChI=1S/C18H18NO5PS/c1-11-7-13(8-12(2)17(11)20)9-16-18(21)19(10-25(22,23)24)14-5-3-4-6-15(14)26-16/h3-9,20H,10H2,1-2H3,(H2,22,23,24)/b16-9-. The molecule has 0 spiro atoms. The molecule has 3 rings (SSSR count). The number of carbonyl (C=O) groups excluding carboxylic acids is 1. The second-order valence-electron chi connectivity index (χ2n) is 6.12. The first-order valence-corrected chi connectivity index (χ1v) is 10.4. The fourth-order valence-electron chi connectivity index (χ4n) is 2.81. The number of phenolic OH excluding ortho intramolecular Hbond substituents is 1. The Morgan fingerprint density at radius 2 is 1.77 bits per heavy atom. The van der Waals surface area contributed by atoms with Crippen LogP contribution in [-0.2, 0) is 9.36 Å². The van der Waals surface area contributed by atoms with Crippen molar-refractivity contribution in [1.82, 2.24) is 0 Å². The molecule has 0 bridgehead atoms. The molecule has 1 amide bonds. The number of para-hydroxylation sites is 1. The molecule has 8 heteroatoms. The fraction of sp³-hybridized carbons (Fsp3) is 0.167. The molecule has 26 heavy (non-hydrogen) atoms. The van der Waals surface area contributed by atoms with E-state index in [1.807, 2.05) is 6.07 Å². The molecule has 0 unspecified atom stereocenters. The largest absolute Gasteiger partial charge is 0.507 e. The van der Waals surface area contributed by atoms with Gasteiger partial charge in [0.25, 0.3) is 5.91 Å². The highest BCUT2D eigenvalue weighted by Crippen LogP contribution is 2.46. The van der Waals surface area contributed by atoms with Crippen molar-refractivity contribution in [3.05, 3.63) is 58.0 Å². The zero-order valence-electron chi connectivity index (χ0n) is 14.2. The molecular formula is C18H18NO5PS. The fourth-order valence-corrected chi connectivity index (χ4v) is 4.52. The molecule has 0 aromatic heterocycles. The van der Waals surface area contributed by atoms with Gasteiger partial charge in [-0.05, 0) is 60.9 Å². The third-order valence-electron chi connectivity index (χ3n) is 3.97. The lowest BCUT2D eigenvalue weighted by molar-refractivity contribution is -0.114. The average Bonchev–Trinajstić information content (AvgIpc) is 2.55. The second-order valence-corrected chi connectivity index (χ2v) is 8.82. The maximum Gasteiger partial charge on any atom is 0.345 e. The third-order valence-corrected chi connectivity index (χ3v) is 5.70. The van der Waals surface area contributed by atoms with Crippen molar-refractivity contribution in [2.45, 2.75) is 18.7 Å². The molecule has 0 saturated carbocycles. The zero-order chi connectivity index (χ0) is 19.1. The lowest BCUT2D eigenvalue weighted by Gasteiger charge is -2.30. The topological polar surface area (TPSA) is 98.1 Å². The SMILES string of the molecule is Cc1cc(/C=C2\Sc3ccccc3N(CP(=O)(O)O)C2=O)cc(C)c1O. The van der Waals surface area contributed by atoms with Crippen LogP contribution in [0, 0.1) is 13.8 Å². The third kappa shape index (κ3) is 3.86. The molecule has 0 aliphatic carbocycles. The molecule has 2 aromatic carbocycles. The number of phenols is 1. The van der Waals surface area contributed by atoms with Crippen LogP contribution in [0.15, 0.2) is 46.2 Å². The van der Waals surface area contributed by atoms with E-state index in [-0.39, 0.29) is 5.75 Å². The minimum Gasteiger partial charge on any atom is -0.507 e. The van der Waals surface area contributed by atoms with Crippen LogP contribution in [-0.4, -0.2) is 27.1 Å². The molecule has 2 aromatic rings. The number of hydrogen-bond acceptors (Lipinski definition) is 4. The number of carbonyl (C=O) groups is 1. The number of nitrogens with zero attached hydrogens (tertiary/aromatic N) is 1. The molecule has 136 valence electrons. The predicted octanol–water partition coefficient (Wildman–Crippen LogP) is 3.62. The highest BCUT2D eigenvalue weighted by Gasteiger charge is 2.33. The lowest BCUT2D eigenvalue weighted by Crippen LogP contribution is -2.35. The summed E-state index contributed by atoms with van der Waals surface area (Å²) in [6.07, 6.45) is 1.00. The van der Waals surface area contributed by atoms with E-state index < -0.39 is 19.8 Å². The predicted molar refractivity (Wildman–Crippen MR) is 102 cm³/mol. The van der Waals surface area contributed by atoms with Gasteiger partial charge in [-0.15, -0.1) is 0 Å². The van der Waals surface area contributed by atoms with Crippen LogP contribution in [0.5, 0.6) is 5.75 Å². The number of aryl methyl sites for hydroxylation is 2. The van der Waals surface area contributed by atoms with Crippen LogP contribution in [0.25, 0.3) is 6.08 Å². The maximum atomic E-state index is 12.9. The van der Waals surface area contributed by atoms with Crippen LogP contribution < -0.4 is 4.90 Å². The van der Waals surface area contributed by atoms with Gasteiger partial charge in [0.1, 0.15) is 12.0 Å². The van der Waals surface area contributed by atoms with Gasteiger partial charge in [-0.25, -0.2) is 0 Å². The number of hydrogen-bond donors (Lipinski definition) is 3. The number of aromatic hydroxyl groups is 1. The van der Waals surface area contributed by atoms with Crippen molar-refractivity contribution >= 4 is 37.0 Å². The van der Waals surface area contributed by atoms with Crippen molar-refractivity contribution in [2.75, 3.05) is 11.2 Å². The highest BCUT2D eigenvalue weighted by molar-refractivity contribution is 8.04. The van der Waals surface area contributed by atoms with E-state index in [1.165, 1.54) is 11.8 Å². The molecule has 1 heterocycles. The molecule has 0 atom stereocenters. The summed E-state index contributed by atoms with van der Waals surface area (Å²) in [6, 6.07) is 10.5. The number of anilines is 1. The summed E-state index contributed by atoms with van der Waals surface area (Å²) in [5.41, 5.74) is 2.61. The van der Waals surface area contributed by atoms with E-state index in [4.69, 9.17) is 0 Å². The Labute approximate surface area is 155 Å². The summed E-state index contributed by atoms with van der Waals surface area (Å²) in [6.45, 7) is 3.55. The Morgan fingerprint density at radius 1 is 1.15 bits per heavy atom. The quantitative estimate of drug-likeness (QED) is 0.546. The summed E-state index contributed by atoms with van der Waals surface area (Å²) < 4.78 is 11.5. The highest BCUT2D eigenvalue weighted by atomic mass is 32.2. The number of rotatable bonds is 3. The van der Waals surface area contributed by atoms with Crippen molar-refractivity contribution in [3.63, 3.8) is 0 Å². The van der Waals surface area contributed by atoms with Gasteiger partial charge in [-0.1, -0.05) is 23.9 Å². The smallest absolute Gasteiger partial charge is 0.345 e. The van der Waals surface area contributed by atoms with Crippen molar-refractivity contribution < 1.29 is 24.3 Å². The van der Waals surface area contributed by atoms with Crippen LogP contribution in [0.4, 0.5) is 5.69 Å². The molecule has 6 nitrogen and oxygen atoms in total. The Bertz CT molecular complexity index is 943. The van der Waals surface area contributed by atoms with Gasteiger partial charge in [-0.2, -0.15) is 0 Å². The minimum absolute atomic E-state index is 0.211. The number of amides is 1. The Morgan fingerprint density at radius 3 is 2.38 bits per heavy atom. The molecule has 0 radical (unpaired) electrons. The van der Waals surface area contributed by atoms with E-state index in [1.54, 1.807) is 50.3 Å². The van der Waals surface area contributed by atoms with E-state index >= 15 is 0 Å². The molecule has 3 N–H and O–H groups in total. The van der Waals surface area contributed by atoms with Gasteiger partial charge in [0.2, 0.25) is 0 Å². The van der Waals surface area contributed by atoms with Gasteiger partial charge in [0.15, 0.2) is 0 Å². The maximum absolute atomic E-state index is 12.9. The van der Waals surface area contributed by atoms with Gasteiger partial charge >= 0.3 is 7.60 Å². The first kappa shape index (κ1) is 18.7. The summed E-state index contributed by atoms with van der Waals surface area (Å²) >= 11 is 1.26. The molecule has 1 aliphatic heterocycles. The van der Waals surface area contributed by atoms with Crippen molar-refractivity contribution in [3.8, 4) is 5.75 Å². The van der Waals surface area contributed by atoms with E-state index in [2.05, 4.69) is 0 Å². The van der Waals surface area contributed by atoms with Gasteiger partial charge in [0, 0.05) is 4.90 Å². The minimum atomic E-state index is -4.42. The van der Waals surface area contributed by atoms with Crippen LogP contribution >= 0.6 is 19.4 Å². The van der Waals surface area contributed by atoms with E-state index in [9.17, 15) is 24.3 Å². The van der Waals surface area contributed by atoms with E-state index in [0.29, 0.717) is 21.7 Å². The van der Waals surface area contributed by atoms with Gasteiger partial charge < -0.3 is 14.9 Å². The second kappa shape index (κ2) is 6.93. The average molecular weight is 391 g/mol. The van der Waals surface area contributed by atoms with Gasteiger partial charge in [-0.3, -0.25) is 14.3 Å². The number of benzene rings is 2. The van der Waals surface area contributed by atoms with Gasteiger partial charge in [0.05, 0.1) is 10.6 Å². The Balaban J connectivity index is 2.07. The molecule has 0 fully saturated rings. The summed E-state index contributed by atoms with van der Waals surface area (Å²) in [5.74, 6) is -0.247. The van der Waals surface area contributed by atoms with Crippen LogP contribution in [0.3, 0.4) is 0 Å². The number of thioether (sulfide) groups is 1. The summed E-state index contributed by atoms with van der Waals surface area (Å²) in [4.78, 5) is 33.8.